The second kappa shape index (κ2) is 5.14. The van der Waals surface area contributed by atoms with Gasteiger partial charge in [-0.05, 0) is 12.5 Å². The predicted molar refractivity (Wildman–Crippen MR) is 67.0 cm³/mol. The van der Waals surface area contributed by atoms with Gasteiger partial charge in [0.1, 0.15) is 0 Å². The molecule has 0 aliphatic carbocycles. The Hall–Kier alpha value is -1.62. The molecule has 0 aliphatic rings. The lowest BCUT2D eigenvalue weighted by Crippen LogP contribution is -2.10. The molecule has 2 aromatic heterocycles. The molecule has 2 aromatic rings. The first-order valence-electron chi connectivity index (χ1n) is 5.47. The molecule has 0 spiro atoms. The Morgan fingerprint density at radius 2 is 2.47 bits per heavy atom. The molecule has 0 saturated carbocycles. The summed E-state index contributed by atoms with van der Waals surface area (Å²) in [5, 5.41) is 11.8. The molecule has 0 bridgehead atoms. The standard InChI is InChI=1S/C12H14N2O2S/c1-8(12(15)16)2-3-11-14-10(7-17-11)9-4-5-13-6-9/h4-8,13H,2-3H2,1H3,(H,15,16). The summed E-state index contributed by atoms with van der Waals surface area (Å²) in [5.74, 6) is -1.05. The van der Waals surface area contributed by atoms with Gasteiger partial charge in [0, 0.05) is 29.8 Å². The van der Waals surface area contributed by atoms with Crippen molar-refractivity contribution in [1.82, 2.24) is 9.97 Å². The number of aromatic nitrogens is 2. The molecule has 0 fully saturated rings. The van der Waals surface area contributed by atoms with Gasteiger partial charge in [-0.15, -0.1) is 11.3 Å². The summed E-state index contributed by atoms with van der Waals surface area (Å²) in [4.78, 5) is 18.2. The normalized spacial score (nSPS) is 12.5. The molecule has 17 heavy (non-hydrogen) atoms. The molecule has 1 unspecified atom stereocenters. The minimum Gasteiger partial charge on any atom is -0.481 e. The zero-order chi connectivity index (χ0) is 12.3. The maximum absolute atomic E-state index is 10.7. The van der Waals surface area contributed by atoms with Crippen LogP contribution in [0.15, 0.2) is 23.8 Å². The van der Waals surface area contributed by atoms with Gasteiger partial charge in [0.2, 0.25) is 0 Å². The minimum absolute atomic E-state index is 0.311. The number of carboxylic acid groups (broad SMARTS) is 1. The maximum atomic E-state index is 10.7. The van der Waals surface area contributed by atoms with Crippen LogP contribution in [-0.4, -0.2) is 21.0 Å². The lowest BCUT2D eigenvalue weighted by Gasteiger charge is -2.02. The number of aryl methyl sites for hydroxylation is 1. The van der Waals surface area contributed by atoms with Crippen molar-refractivity contribution in [2.45, 2.75) is 19.8 Å². The highest BCUT2D eigenvalue weighted by molar-refractivity contribution is 7.09. The lowest BCUT2D eigenvalue weighted by atomic mass is 10.1. The molecule has 2 N–H and O–H groups in total. The van der Waals surface area contributed by atoms with Gasteiger partial charge >= 0.3 is 5.97 Å². The Morgan fingerprint density at radius 3 is 3.12 bits per heavy atom. The second-order valence-corrected chi connectivity index (χ2v) is 4.95. The van der Waals surface area contributed by atoms with Crippen LogP contribution in [0.25, 0.3) is 11.3 Å². The Labute approximate surface area is 103 Å². The lowest BCUT2D eigenvalue weighted by molar-refractivity contribution is -0.141. The molecule has 2 rings (SSSR count). The van der Waals surface area contributed by atoms with Crippen molar-refractivity contribution in [3.8, 4) is 11.3 Å². The molecule has 1 atom stereocenters. The fourth-order valence-electron chi connectivity index (χ4n) is 1.50. The summed E-state index contributed by atoms with van der Waals surface area (Å²) in [7, 11) is 0. The van der Waals surface area contributed by atoms with Gasteiger partial charge in [0.15, 0.2) is 0 Å². The van der Waals surface area contributed by atoms with E-state index in [2.05, 4.69) is 9.97 Å². The summed E-state index contributed by atoms with van der Waals surface area (Å²) in [6.45, 7) is 1.73. The molecule has 0 aliphatic heterocycles. The number of nitrogens with zero attached hydrogens (tertiary/aromatic N) is 1. The first kappa shape index (κ1) is 11.9. The zero-order valence-corrected chi connectivity index (χ0v) is 10.3. The summed E-state index contributed by atoms with van der Waals surface area (Å²) in [5.41, 5.74) is 2.02. The van der Waals surface area contributed by atoms with E-state index in [1.165, 1.54) is 0 Å². The van der Waals surface area contributed by atoms with Crippen LogP contribution >= 0.6 is 11.3 Å². The monoisotopic (exact) mass is 250 g/mol. The van der Waals surface area contributed by atoms with Crippen molar-refractivity contribution in [2.24, 2.45) is 5.92 Å². The van der Waals surface area contributed by atoms with Gasteiger partial charge in [0.25, 0.3) is 0 Å². The molecule has 0 saturated heterocycles. The minimum atomic E-state index is -0.743. The summed E-state index contributed by atoms with van der Waals surface area (Å²) < 4.78 is 0. The van der Waals surface area contributed by atoms with Crippen LogP contribution in [0.5, 0.6) is 0 Å². The number of aliphatic carboxylic acids is 1. The van der Waals surface area contributed by atoms with Crippen LogP contribution in [0.3, 0.4) is 0 Å². The Morgan fingerprint density at radius 1 is 1.65 bits per heavy atom. The third kappa shape index (κ3) is 2.94. The Kier molecular flexibility index (Phi) is 3.58. The highest BCUT2D eigenvalue weighted by atomic mass is 32.1. The molecule has 4 nitrogen and oxygen atoms in total. The first-order chi connectivity index (χ1) is 8.16. The van der Waals surface area contributed by atoms with E-state index in [9.17, 15) is 4.79 Å². The molecule has 90 valence electrons. The van der Waals surface area contributed by atoms with Crippen molar-refractivity contribution in [1.29, 1.82) is 0 Å². The average Bonchev–Trinajstić information content (AvgIpc) is 2.95. The number of aromatic amines is 1. The van der Waals surface area contributed by atoms with E-state index in [4.69, 9.17) is 5.11 Å². The van der Waals surface area contributed by atoms with Gasteiger partial charge in [0.05, 0.1) is 16.6 Å². The SMILES string of the molecule is CC(CCc1nc(-c2cc[nH]c2)cs1)C(=O)O. The molecule has 5 heteroatoms. The highest BCUT2D eigenvalue weighted by Crippen LogP contribution is 2.22. The Balaban J connectivity index is 1.97. The van der Waals surface area contributed by atoms with E-state index in [1.807, 2.05) is 23.8 Å². The van der Waals surface area contributed by atoms with E-state index >= 15 is 0 Å². The van der Waals surface area contributed by atoms with Gasteiger partial charge in [-0.25, -0.2) is 4.98 Å². The number of nitrogens with one attached hydrogen (secondary N) is 1. The van der Waals surface area contributed by atoms with Crippen LogP contribution in [0.1, 0.15) is 18.4 Å². The number of rotatable bonds is 5. The fourth-order valence-corrected chi connectivity index (χ4v) is 2.33. The molecule has 0 aromatic carbocycles. The van der Waals surface area contributed by atoms with Gasteiger partial charge < -0.3 is 10.1 Å². The molecular formula is C12H14N2O2S. The molecule has 2 heterocycles. The molecular weight excluding hydrogens is 236 g/mol. The Bertz CT molecular complexity index is 490. The number of hydrogen-bond acceptors (Lipinski definition) is 3. The largest absolute Gasteiger partial charge is 0.481 e. The fraction of sp³-hybridized carbons (Fsp3) is 0.333. The highest BCUT2D eigenvalue weighted by Gasteiger charge is 2.12. The van der Waals surface area contributed by atoms with Crippen LogP contribution in [0.4, 0.5) is 0 Å². The zero-order valence-electron chi connectivity index (χ0n) is 9.51. The van der Waals surface area contributed by atoms with Crippen LogP contribution in [0.2, 0.25) is 0 Å². The third-order valence-corrected chi connectivity index (χ3v) is 3.57. The van der Waals surface area contributed by atoms with Crippen molar-refractivity contribution in [3.63, 3.8) is 0 Å². The van der Waals surface area contributed by atoms with E-state index < -0.39 is 5.97 Å². The number of carboxylic acids is 1. The number of thiazole rings is 1. The van der Waals surface area contributed by atoms with E-state index in [0.29, 0.717) is 6.42 Å². The molecule has 0 radical (unpaired) electrons. The van der Waals surface area contributed by atoms with Crippen LogP contribution < -0.4 is 0 Å². The van der Waals surface area contributed by atoms with Crippen molar-refractivity contribution in [3.05, 3.63) is 28.8 Å². The molecule has 0 amide bonds. The van der Waals surface area contributed by atoms with Crippen LogP contribution in [-0.2, 0) is 11.2 Å². The van der Waals surface area contributed by atoms with Gasteiger partial charge in [-0.1, -0.05) is 6.92 Å². The number of carbonyl (C=O) groups is 1. The van der Waals surface area contributed by atoms with Crippen molar-refractivity contribution in [2.75, 3.05) is 0 Å². The predicted octanol–water partition coefficient (Wildman–Crippen LogP) is 2.79. The summed E-state index contributed by atoms with van der Waals surface area (Å²) in [6.07, 6.45) is 5.12. The summed E-state index contributed by atoms with van der Waals surface area (Å²) in [6, 6.07) is 1.97. The topological polar surface area (TPSA) is 66.0 Å². The third-order valence-electron chi connectivity index (χ3n) is 2.66. The van der Waals surface area contributed by atoms with E-state index in [0.717, 1.165) is 22.7 Å². The first-order valence-corrected chi connectivity index (χ1v) is 6.35. The smallest absolute Gasteiger partial charge is 0.306 e. The quantitative estimate of drug-likeness (QED) is 0.857. The van der Waals surface area contributed by atoms with Gasteiger partial charge in [-0.2, -0.15) is 0 Å². The van der Waals surface area contributed by atoms with Crippen LogP contribution in [0, 0.1) is 5.92 Å². The van der Waals surface area contributed by atoms with E-state index in [-0.39, 0.29) is 5.92 Å². The average molecular weight is 250 g/mol. The number of H-pyrrole nitrogens is 1. The summed E-state index contributed by atoms with van der Waals surface area (Å²) >= 11 is 1.58. The van der Waals surface area contributed by atoms with Crippen molar-refractivity contribution < 1.29 is 9.90 Å². The second-order valence-electron chi connectivity index (χ2n) is 4.00. The van der Waals surface area contributed by atoms with Crippen molar-refractivity contribution >= 4 is 17.3 Å². The number of hydrogen-bond donors (Lipinski definition) is 2. The maximum Gasteiger partial charge on any atom is 0.306 e. The van der Waals surface area contributed by atoms with Gasteiger partial charge in [-0.3, -0.25) is 4.79 Å². The van der Waals surface area contributed by atoms with E-state index in [1.54, 1.807) is 18.3 Å².